The van der Waals surface area contributed by atoms with Gasteiger partial charge in [-0.1, -0.05) is 98.8 Å². The molecule has 32 heavy (non-hydrogen) atoms. The number of aromatic nitrogens is 2. The SMILES string of the molecule is CC(C)c1ccc(-c2csc3ncnc(NC(c4ccccc4)c4ccccc4)c23)cc1. The lowest BCUT2D eigenvalue weighted by atomic mass is 9.97. The van der Waals surface area contributed by atoms with Crippen LogP contribution in [-0.2, 0) is 0 Å². The number of benzene rings is 3. The predicted molar refractivity (Wildman–Crippen MR) is 135 cm³/mol. The Kier molecular flexibility index (Phi) is 5.70. The van der Waals surface area contributed by atoms with Gasteiger partial charge in [0.15, 0.2) is 0 Å². The van der Waals surface area contributed by atoms with Crippen molar-refractivity contribution in [2.75, 3.05) is 5.32 Å². The summed E-state index contributed by atoms with van der Waals surface area (Å²) in [6.45, 7) is 4.44. The van der Waals surface area contributed by atoms with Crippen molar-refractivity contribution < 1.29 is 0 Å². The van der Waals surface area contributed by atoms with Crippen LogP contribution in [-0.4, -0.2) is 9.97 Å². The van der Waals surface area contributed by atoms with Gasteiger partial charge in [0, 0.05) is 10.9 Å². The van der Waals surface area contributed by atoms with E-state index >= 15 is 0 Å². The van der Waals surface area contributed by atoms with Crippen molar-refractivity contribution in [1.29, 1.82) is 0 Å². The first-order chi connectivity index (χ1) is 15.7. The van der Waals surface area contributed by atoms with Crippen molar-refractivity contribution in [3.8, 4) is 11.1 Å². The highest BCUT2D eigenvalue weighted by molar-refractivity contribution is 7.17. The summed E-state index contributed by atoms with van der Waals surface area (Å²) in [5.41, 5.74) is 6.10. The van der Waals surface area contributed by atoms with Gasteiger partial charge in [-0.25, -0.2) is 9.97 Å². The summed E-state index contributed by atoms with van der Waals surface area (Å²) < 4.78 is 0. The topological polar surface area (TPSA) is 37.8 Å². The summed E-state index contributed by atoms with van der Waals surface area (Å²) in [5.74, 6) is 1.37. The first-order valence-electron chi connectivity index (χ1n) is 10.9. The fourth-order valence-electron chi connectivity index (χ4n) is 4.03. The molecule has 3 aromatic carbocycles. The van der Waals surface area contributed by atoms with E-state index in [0.29, 0.717) is 5.92 Å². The summed E-state index contributed by atoms with van der Waals surface area (Å²) in [5, 5.41) is 7.00. The molecule has 0 amide bonds. The van der Waals surface area contributed by atoms with Crippen molar-refractivity contribution >= 4 is 27.4 Å². The van der Waals surface area contributed by atoms with Gasteiger partial charge in [-0.15, -0.1) is 11.3 Å². The summed E-state index contributed by atoms with van der Waals surface area (Å²) in [6.07, 6.45) is 1.65. The van der Waals surface area contributed by atoms with Crippen molar-refractivity contribution in [1.82, 2.24) is 9.97 Å². The molecule has 0 radical (unpaired) electrons. The summed E-state index contributed by atoms with van der Waals surface area (Å²) in [7, 11) is 0. The van der Waals surface area contributed by atoms with Crippen molar-refractivity contribution in [2.24, 2.45) is 0 Å². The zero-order chi connectivity index (χ0) is 21.9. The van der Waals surface area contributed by atoms with E-state index in [-0.39, 0.29) is 6.04 Å². The van der Waals surface area contributed by atoms with Gasteiger partial charge in [-0.05, 0) is 28.2 Å². The maximum Gasteiger partial charge on any atom is 0.139 e. The van der Waals surface area contributed by atoms with Crippen LogP contribution in [0.2, 0.25) is 0 Å². The van der Waals surface area contributed by atoms with Crippen LogP contribution in [0.1, 0.15) is 42.5 Å². The molecule has 3 nitrogen and oxygen atoms in total. The molecule has 2 heterocycles. The third kappa shape index (κ3) is 4.02. The van der Waals surface area contributed by atoms with Gasteiger partial charge in [0.05, 0.1) is 11.4 Å². The predicted octanol–water partition coefficient (Wildman–Crippen LogP) is 7.68. The monoisotopic (exact) mass is 435 g/mol. The normalized spacial score (nSPS) is 11.4. The van der Waals surface area contributed by atoms with E-state index in [1.54, 1.807) is 17.7 Å². The lowest BCUT2D eigenvalue weighted by Gasteiger charge is -2.21. The Balaban J connectivity index is 1.60. The Labute approximate surface area is 192 Å². The number of anilines is 1. The number of hydrogen-bond donors (Lipinski definition) is 1. The number of rotatable bonds is 6. The standard InChI is InChI=1S/C28H25N3S/c1-19(2)20-13-15-21(16-14-20)24-17-32-28-25(24)27(29-18-30-28)31-26(22-9-5-3-6-10-22)23-11-7-4-8-12-23/h3-19,26H,1-2H3,(H,29,30,31). The van der Waals surface area contributed by atoms with Crippen LogP contribution >= 0.6 is 11.3 Å². The molecule has 1 N–H and O–H groups in total. The van der Waals surface area contributed by atoms with Crippen LogP contribution in [0, 0.1) is 0 Å². The second-order valence-corrected chi connectivity index (χ2v) is 9.09. The van der Waals surface area contributed by atoms with Gasteiger partial charge < -0.3 is 5.32 Å². The van der Waals surface area contributed by atoms with Crippen LogP contribution in [0.15, 0.2) is 96.6 Å². The molecule has 0 saturated carbocycles. The molecule has 2 aromatic heterocycles. The minimum absolute atomic E-state index is 0.00781. The number of nitrogens with zero attached hydrogens (tertiary/aromatic N) is 2. The van der Waals surface area contributed by atoms with Gasteiger partial charge in [-0.3, -0.25) is 0 Å². The maximum atomic E-state index is 4.69. The summed E-state index contributed by atoms with van der Waals surface area (Å²) >= 11 is 1.66. The number of thiophene rings is 1. The molecule has 0 saturated heterocycles. The Bertz CT molecular complexity index is 1270. The summed E-state index contributed by atoms with van der Waals surface area (Å²) in [6, 6.07) is 29.9. The smallest absolute Gasteiger partial charge is 0.139 e. The molecule has 0 atom stereocenters. The maximum absolute atomic E-state index is 4.69. The fourth-order valence-corrected chi connectivity index (χ4v) is 4.95. The van der Waals surface area contributed by atoms with Crippen LogP contribution in [0.3, 0.4) is 0 Å². The van der Waals surface area contributed by atoms with E-state index in [1.807, 2.05) is 12.1 Å². The fraction of sp³-hybridized carbons (Fsp3) is 0.143. The van der Waals surface area contributed by atoms with Gasteiger partial charge in [0.2, 0.25) is 0 Å². The molecular weight excluding hydrogens is 410 g/mol. The highest BCUT2D eigenvalue weighted by Crippen LogP contribution is 2.38. The van der Waals surface area contributed by atoms with Gasteiger partial charge in [-0.2, -0.15) is 0 Å². The van der Waals surface area contributed by atoms with Gasteiger partial charge in [0.25, 0.3) is 0 Å². The van der Waals surface area contributed by atoms with Crippen LogP contribution in [0.4, 0.5) is 5.82 Å². The average molecular weight is 436 g/mol. The highest BCUT2D eigenvalue weighted by atomic mass is 32.1. The molecule has 0 aliphatic carbocycles. The Morgan fingerprint density at radius 1 is 0.719 bits per heavy atom. The van der Waals surface area contributed by atoms with E-state index < -0.39 is 0 Å². The quantitative estimate of drug-likeness (QED) is 0.297. The zero-order valence-electron chi connectivity index (χ0n) is 18.2. The lowest BCUT2D eigenvalue weighted by molar-refractivity contribution is 0.867. The Morgan fingerprint density at radius 3 is 1.94 bits per heavy atom. The molecule has 0 spiro atoms. The van der Waals surface area contributed by atoms with E-state index in [1.165, 1.54) is 27.8 Å². The highest BCUT2D eigenvalue weighted by Gasteiger charge is 2.19. The second-order valence-electron chi connectivity index (χ2n) is 8.23. The van der Waals surface area contributed by atoms with Gasteiger partial charge >= 0.3 is 0 Å². The molecule has 0 aliphatic rings. The number of nitrogens with one attached hydrogen (secondary N) is 1. The van der Waals surface area contributed by atoms with E-state index in [9.17, 15) is 0 Å². The second kappa shape index (κ2) is 8.93. The number of hydrogen-bond acceptors (Lipinski definition) is 4. The first kappa shape index (κ1) is 20.4. The molecule has 0 fully saturated rings. The lowest BCUT2D eigenvalue weighted by Crippen LogP contribution is -2.13. The minimum atomic E-state index is -0.00781. The molecule has 0 bridgehead atoms. The molecule has 5 aromatic rings. The van der Waals surface area contributed by atoms with E-state index in [0.717, 1.165) is 16.0 Å². The molecule has 158 valence electrons. The van der Waals surface area contributed by atoms with Crippen LogP contribution < -0.4 is 5.32 Å². The average Bonchev–Trinajstić information content (AvgIpc) is 3.29. The van der Waals surface area contributed by atoms with Crippen LogP contribution in [0.5, 0.6) is 0 Å². The van der Waals surface area contributed by atoms with Gasteiger partial charge in [0.1, 0.15) is 17.0 Å². The molecule has 4 heteroatoms. The van der Waals surface area contributed by atoms with E-state index in [4.69, 9.17) is 0 Å². The third-order valence-electron chi connectivity index (χ3n) is 5.81. The minimum Gasteiger partial charge on any atom is -0.358 e. The third-order valence-corrected chi connectivity index (χ3v) is 6.69. The van der Waals surface area contributed by atoms with E-state index in [2.05, 4.69) is 107 Å². The van der Waals surface area contributed by atoms with Crippen molar-refractivity contribution in [3.05, 3.63) is 113 Å². The molecule has 5 rings (SSSR count). The molecular formula is C28H25N3S. The largest absolute Gasteiger partial charge is 0.358 e. The Morgan fingerprint density at radius 2 is 1.34 bits per heavy atom. The number of fused-ring (bicyclic) bond motifs is 1. The summed E-state index contributed by atoms with van der Waals surface area (Å²) in [4.78, 5) is 10.2. The first-order valence-corrected chi connectivity index (χ1v) is 11.8. The van der Waals surface area contributed by atoms with Crippen molar-refractivity contribution in [2.45, 2.75) is 25.8 Å². The Hall–Kier alpha value is -3.50. The van der Waals surface area contributed by atoms with Crippen LogP contribution in [0.25, 0.3) is 21.3 Å². The van der Waals surface area contributed by atoms with Crippen molar-refractivity contribution in [3.63, 3.8) is 0 Å². The zero-order valence-corrected chi connectivity index (χ0v) is 19.0. The molecule has 0 unspecified atom stereocenters. The molecule has 0 aliphatic heterocycles.